The molecular formula is C20H17F3N6O2. The maximum Gasteiger partial charge on any atom is 0.417 e. The Morgan fingerprint density at radius 3 is 2.77 bits per heavy atom. The van der Waals surface area contributed by atoms with Crippen LogP contribution in [-0.2, 0) is 17.5 Å². The first-order chi connectivity index (χ1) is 14.7. The number of nitrogens with zero attached hydrogens (tertiary/aromatic N) is 4. The molecule has 8 nitrogen and oxygen atoms in total. The number of ether oxygens (including phenoxy) is 1. The summed E-state index contributed by atoms with van der Waals surface area (Å²) in [5.74, 6) is 0.0530. The van der Waals surface area contributed by atoms with Gasteiger partial charge in [0.1, 0.15) is 17.7 Å². The van der Waals surface area contributed by atoms with E-state index in [4.69, 9.17) is 4.74 Å². The minimum absolute atomic E-state index is 0.00170. The smallest absolute Gasteiger partial charge is 0.417 e. The molecule has 0 fully saturated rings. The predicted octanol–water partition coefficient (Wildman–Crippen LogP) is 4.01. The van der Waals surface area contributed by atoms with E-state index in [1.54, 1.807) is 12.3 Å². The molecule has 31 heavy (non-hydrogen) atoms. The third-order valence-corrected chi connectivity index (χ3v) is 4.45. The number of rotatable bonds is 5. The molecule has 0 radical (unpaired) electrons. The number of alkyl halides is 3. The molecule has 11 heteroatoms. The SMILES string of the molecule is C=CC(=O)Nc1cnc(Nc2ccc(C(F)(F)F)cn2)c(-c2cn3c(n2)O[C@H](C)C3)c1. The molecule has 3 aromatic heterocycles. The van der Waals surface area contributed by atoms with E-state index in [1.165, 1.54) is 12.3 Å². The zero-order valence-corrected chi connectivity index (χ0v) is 16.3. The van der Waals surface area contributed by atoms with Gasteiger partial charge >= 0.3 is 6.18 Å². The van der Waals surface area contributed by atoms with Gasteiger partial charge < -0.3 is 15.4 Å². The summed E-state index contributed by atoms with van der Waals surface area (Å²) in [6.07, 6.45) is 0.565. The number of amides is 1. The first kappa shape index (κ1) is 20.4. The molecular weight excluding hydrogens is 413 g/mol. The number of hydrogen-bond donors (Lipinski definition) is 2. The Kier molecular flexibility index (Phi) is 5.09. The Balaban J connectivity index is 1.69. The topological polar surface area (TPSA) is 94.0 Å². The third-order valence-electron chi connectivity index (χ3n) is 4.45. The lowest BCUT2D eigenvalue weighted by Gasteiger charge is -2.12. The summed E-state index contributed by atoms with van der Waals surface area (Å²) in [7, 11) is 0. The number of pyridine rings is 2. The van der Waals surface area contributed by atoms with Gasteiger partial charge in [0.05, 0.1) is 29.7 Å². The number of aromatic nitrogens is 4. The van der Waals surface area contributed by atoms with E-state index in [0.29, 0.717) is 35.3 Å². The van der Waals surface area contributed by atoms with Gasteiger partial charge in [-0.2, -0.15) is 18.2 Å². The molecule has 0 saturated heterocycles. The number of nitrogens with one attached hydrogen (secondary N) is 2. The Bertz CT molecular complexity index is 1120. The van der Waals surface area contributed by atoms with Crippen LogP contribution >= 0.6 is 0 Å². The van der Waals surface area contributed by atoms with Crippen LogP contribution in [-0.4, -0.2) is 31.5 Å². The monoisotopic (exact) mass is 430 g/mol. The van der Waals surface area contributed by atoms with Crippen molar-refractivity contribution in [2.24, 2.45) is 0 Å². The molecule has 0 aromatic carbocycles. The minimum Gasteiger partial charge on any atom is -0.460 e. The fourth-order valence-corrected chi connectivity index (χ4v) is 3.03. The van der Waals surface area contributed by atoms with Crippen molar-refractivity contribution >= 4 is 23.2 Å². The Hall–Kier alpha value is -3.89. The number of carbonyl (C=O) groups excluding carboxylic acids is 1. The maximum atomic E-state index is 12.8. The van der Waals surface area contributed by atoms with Gasteiger partial charge in [0.25, 0.3) is 6.01 Å². The highest BCUT2D eigenvalue weighted by Crippen LogP contribution is 2.34. The minimum atomic E-state index is -4.48. The molecule has 1 atom stereocenters. The van der Waals surface area contributed by atoms with E-state index >= 15 is 0 Å². The summed E-state index contributed by atoms with van der Waals surface area (Å²) < 4.78 is 45.8. The van der Waals surface area contributed by atoms with E-state index in [1.807, 2.05) is 11.5 Å². The number of imidazole rings is 1. The largest absolute Gasteiger partial charge is 0.460 e. The zero-order chi connectivity index (χ0) is 22.2. The third kappa shape index (κ3) is 4.34. The highest BCUT2D eigenvalue weighted by Gasteiger charge is 2.30. The van der Waals surface area contributed by atoms with Crippen molar-refractivity contribution < 1.29 is 22.7 Å². The predicted molar refractivity (Wildman–Crippen MR) is 107 cm³/mol. The Labute approximate surface area is 174 Å². The van der Waals surface area contributed by atoms with Gasteiger partial charge in [-0.1, -0.05) is 6.58 Å². The van der Waals surface area contributed by atoms with Gasteiger partial charge in [0, 0.05) is 18.0 Å². The van der Waals surface area contributed by atoms with Crippen LogP contribution in [0.1, 0.15) is 12.5 Å². The molecule has 4 rings (SSSR count). The Morgan fingerprint density at radius 1 is 1.32 bits per heavy atom. The number of halogens is 3. The molecule has 1 aliphatic rings. The number of carbonyl (C=O) groups is 1. The summed E-state index contributed by atoms with van der Waals surface area (Å²) in [5.41, 5.74) is 0.555. The lowest BCUT2D eigenvalue weighted by atomic mass is 10.1. The van der Waals surface area contributed by atoms with Crippen LogP contribution in [0.25, 0.3) is 11.3 Å². The first-order valence-electron chi connectivity index (χ1n) is 9.21. The quantitative estimate of drug-likeness (QED) is 0.594. The summed E-state index contributed by atoms with van der Waals surface area (Å²) in [4.78, 5) is 24.2. The van der Waals surface area contributed by atoms with E-state index in [-0.39, 0.29) is 11.9 Å². The summed E-state index contributed by atoms with van der Waals surface area (Å²) in [6.45, 7) is 5.96. The Morgan fingerprint density at radius 2 is 2.13 bits per heavy atom. The number of hydrogen-bond acceptors (Lipinski definition) is 6. The summed E-state index contributed by atoms with van der Waals surface area (Å²) >= 11 is 0. The van der Waals surface area contributed by atoms with E-state index in [9.17, 15) is 18.0 Å². The molecule has 1 aliphatic heterocycles. The first-order valence-corrected chi connectivity index (χ1v) is 9.21. The summed E-state index contributed by atoms with van der Waals surface area (Å²) in [5, 5.41) is 5.52. The van der Waals surface area contributed by atoms with E-state index in [2.05, 4.69) is 32.2 Å². The van der Waals surface area contributed by atoms with Crippen molar-refractivity contribution in [1.29, 1.82) is 0 Å². The average molecular weight is 430 g/mol. The van der Waals surface area contributed by atoms with E-state index in [0.717, 1.165) is 18.3 Å². The van der Waals surface area contributed by atoms with E-state index < -0.39 is 17.6 Å². The standard InChI is InChI=1S/C20H17F3N6O2/c1-3-17(30)26-13-6-14(15-10-29-9-11(2)31-19(29)27-15)18(25-8-13)28-16-5-4-12(7-24-16)20(21,22)23/h3-8,10-11H,1,9H2,2H3,(H,26,30)(H,24,25,28)/t11-/m1/s1. The fourth-order valence-electron chi connectivity index (χ4n) is 3.03. The molecule has 2 N–H and O–H groups in total. The van der Waals surface area contributed by atoms with Crippen molar-refractivity contribution in [2.75, 3.05) is 10.6 Å². The van der Waals surface area contributed by atoms with Crippen LogP contribution in [0, 0.1) is 0 Å². The fraction of sp³-hybridized carbons (Fsp3) is 0.200. The van der Waals surface area contributed by atoms with Crippen LogP contribution in [0.3, 0.4) is 0 Å². The average Bonchev–Trinajstić information content (AvgIpc) is 3.26. The molecule has 4 heterocycles. The van der Waals surface area contributed by atoms with Crippen molar-refractivity contribution in [2.45, 2.75) is 25.7 Å². The molecule has 1 amide bonds. The van der Waals surface area contributed by atoms with Crippen molar-refractivity contribution in [1.82, 2.24) is 19.5 Å². The van der Waals surface area contributed by atoms with Crippen molar-refractivity contribution in [3.8, 4) is 17.3 Å². The van der Waals surface area contributed by atoms with Crippen molar-refractivity contribution in [3.63, 3.8) is 0 Å². The molecule has 0 saturated carbocycles. The lowest BCUT2D eigenvalue weighted by Crippen LogP contribution is -2.09. The number of anilines is 3. The van der Waals surface area contributed by atoms with Crippen molar-refractivity contribution in [3.05, 3.63) is 55.0 Å². The second-order valence-electron chi connectivity index (χ2n) is 6.86. The highest BCUT2D eigenvalue weighted by atomic mass is 19.4. The van der Waals surface area contributed by atoms with Gasteiger partial charge in [0.15, 0.2) is 0 Å². The molecule has 160 valence electrons. The molecule has 0 spiro atoms. The zero-order valence-electron chi connectivity index (χ0n) is 16.3. The van der Waals surface area contributed by atoms with Gasteiger partial charge in [-0.05, 0) is 31.2 Å². The maximum absolute atomic E-state index is 12.8. The highest BCUT2D eigenvalue weighted by molar-refractivity contribution is 5.99. The van der Waals surface area contributed by atoms with Gasteiger partial charge in [0.2, 0.25) is 5.91 Å². The lowest BCUT2D eigenvalue weighted by molar-refractivity contribution is -0.137. The molecule has 0 bridgehead atoms. The van der Waals surface area contributed by atoms with Gasteiger partial charge in [-0.3, -0.25) is 9.36 Å². The number of fused-ring (bicyclic) bond motifs is 1. The van der Waals surface area contributed by atoms with Crippen LogP contribution < -0.4 is 15.4 Å². The van der Waals surface area contributed by atoms with Crippen LogP contribution in [0.4, 0.5) is 30.5 Å². The molecule has 0 aliphatic carbocycles. The van der Waals surface area contributed by atoms with Gasteiger partial charge in [-0.25, -0.2) is 9.97 Å². The van der Waals surface area contributed by atoms with Crippen LogP contribution in [0.15, 0.2) is 49.4 Å². The van der Waals surface area contributed by atoms with Crippen LogP contribution in [0.2, 0.25) is 0 Å². The second kappa shape index (κ2) is 7.74. The second-order valence-corrected chi connectivity index (χ2v) is 6.86. The molecule has 3 aromatic rings. The summed E-state index contributed by atoms with van der Waals surface area (Å²) in [6, 6.07) is 4.22. The molecule has 0 unspecified atom stereocenters. The van der Waals surface area contributed by atoms with Gasteiger partial charge in [-0.15, -0.1) is 0 Å². The normalized spacial score (nSPS) is 15.2. The van der Waals surface area contributed by atoms with Crippen LogP contribution in [0.5, 0.6) is 6.01 Å².